The van der Waals surface area contributed by atoms with Gasteiger partial charge in [0.25, 0.3) is 0 Å². The lowest BCUT2D eigenvalue weighted by Gasteiger charge is -2.21. The Morgan fingerprint density at radius 1 is 0.359 bits per heavy atom. The SMILES string of the molecule is CCCCC/C=C\C/C=C\CCCCCCCCCCCC(=O)OC(COC(=O)CCCCCCC/C=C\CCCCCCCC)COP(=O)(O)OCC(CO)OC(=O)CCCCCCCCCCCCCCCCCCC. The zero-order chi connectivity index (χ0) is 56.9. The first kappa shape index (κ1) is 75.7. The molecule has 0 amide bonds. The number of rotatable bonds is 62. The van der Waals surface area contributed by atoms with Crippen molar-refractivity contribution in [2.24, 2.45) is 0 Å². The van der Waals surface area contributed by atoms with Gasteiger partial charge in [-0.15, -0.1) is 0 Å². The van der Waals surface area contributed by atoms with Gasteiger partial charge < -0.3 is 24.2 Å². The van der Waals surface area contributed by atoms with Crippen molar-refractivity contribution in [1.82, 2.24) is 0 Å². The second-order valence-corrected chi connectivity index (χ2v) is 23.7. The Kier molecular flexibility index (Phi) is 59.0. The largest absolute Gasteiger partial charge is 0.472 e. The van der Waals surface area contributed by atoms with Gasteiger partial charge in [-0.3, -0.25) is 23.4 Å². The second kappa shape index (κ2) is 60.8. The fourth-order valence-corrected chi connectivity index (χ4v) is 10.3. The lowest BCUT2D eigenvalue weighted by atomic mass is 10.0. The van der Waals surface area contributed by atoms with Gasteiger partial charge >= 0.3 is 25.7 Å². The smallest absolute Gasteiger partial charge is 0.462 e. The molecule has 0 fully saturated rings. The Labute approximate surface area is 480 Å². The monoisotopic (exact) mass is 1120 g/mol. The predicted octanol–water partition coefficient (Wildman–Crippen LogP) is 19.9. The average Bonchev–Trinajstić information content (AvgIpc) is 3.43. The zero-order valence-electron chi connectivity index (χ0n) is 50.9. The van der Waals surface area contributed by atoms with E-state index in [1.165, 1.54) is 180 Å². The summed E-state index contributed by atoms with van der Waals surface area (Å²) in [7, 11) is -4.75. The van der Waals surface area contributed by atoms with Crippen molar-refractivity contribution in [3.63, 3.8) is 0 Å². The number of carbonyl (C=O) groups is 3. The van der Waals surface area contributed by atoms with Crippen LogP contribution in [0.2, 0.25) is 0 Å². The summed E-state index contributed by atoms with van der Waals surface area (Å²) in [6, 6.07) is 0. The Bertz CT molecular complexity index is 1450. The van der Waals surface area contributed by atoms with E-state index in [9.17, 15) is 28.9 Å². The van der Waals surface area contributed by atoms with E-state index in [-0.39, 0.29) is 25.9 Å². The maximum atomic E-state index is 13.0. The highest BCUT2D eigenvalue weighted by atomic mass is 31.2. The van der Waals surface area contributed by atoms with Crippen LogP contribution in [0.25, 0.3) is 0 Å². The molecule has 0 radical (unpaired) electrons. The van der Waals surface area contributed by atoms with E-state index in [4.69, 9.17) is 23.3 Å². The molecule has 458 valence electrons. The van der Waals surface area contributed by atoms with Gasteiger partial charge in [-0.1, -0.05) is 269 Å². The fourth-order valence-electron chi connectivity index (χ4n) is 9.50. The number of allylic oxidation sites excluding steroid dienone is 6. The summed E-state index contributed by atoms with van der Waals surface area (Å²) in [5.74, 6) is -1.45. The van der Waals surface area contributed by atoms with Gasteiger partial charge in [0.05, 0.1) is 19.8 Å². The summed E-state index contributed by atoms with van der Waals surface area (Å²) in [6.07, 6.45) is 65.2. The van der Waals surface area contributed by atoms with E-state index in [0.29, 0.717) is 19.3 Å². The molecular formula is C66H123O11P. The van der Waals surface area contributed by atoms with Crippen molar-refractivity contribution in [3.8, 4) is 0 Å². The molecule has 3 unspecified atom stereocenters. The van der Waals surface area contributed by atoms with E-state index in [1.807, 2.05) is 0 Å². The number of hydrogen-bond donors (Lipinski definition) is 2. The van der Waals surface area contributed by atoms with Crippen molar-refractivity contribution in [2.45, 2.75) is 341 Å². The summed E-state index contributed by atoms with van der Waals surface area (Å²) in [4.78, 5) is 48.8. The van der Waals surface area contributed by atoms with E-state index < -0.39 is 57.8 Å². The van der Waals surface area contributed by atoms with Crippen LogP contribution in [-0.2, 0) is 42.2 Å². The quantitative estimate of drug-likeness (QED) is 0.0197. The zero-order valence-corrected chi connectivity index (χ0v) is 51.8. The molecule has 0 rings (SSSR count). The van der Waals surface area contributed by atoms with Crippen LogP contribution in [0.4, 0.5) is 0 Å². The summed E-state index contributed by atoms with van der Waals surface area (Å²) in [5.41, 5.74) is 0. The molecular weight excluding hydrogens is 1000 g/mol. The van der Waals surface area contributed by atoms with Crippen LogP contribution in [-0.4, -0.2) is 66.5 Å². The lowest BCUT2D eigenvalue weighted by molar-refractivity contribution is -0.161. The van der Waals surface area contributed by atoms with Gasteiger partial charge in [-0.05, 0) is 77.0 Å². The first-order valence-electron chi connectivity index (χ1n) is 32.9. The van der Waals surface area contributed by atoms with E-state index >= 15 is 0 Å². The van der Waals surface area contributed by atoms with E-state index in [2.05, 4.69) is 57.2 Å². The van der Waals surface area contributed by atoms with Crippen molar-refractivity contribution >= 4 is 25.7 Å². The Morgan fingerprint density at radius 3 is 0.987 bits per heavy atom. The standard InChI is InChI=1S/C66H123O11P/c1-4-7-10-13-16-19-22-25-28-30-31-33-36-39-42-45-48-51-54-57-66(70)77-63(59-73-64(68)55-52-49-46-43-40-37-34-27-24-21-18-15-12-9-6-3)61-75-78(71,72)74-60-62(58-67)76-65(69)56-53-50-47-44-41-38-35-32-29-26-23-20-17-14-11-8-5-2/h16,19,25,27-28,34,62-63,67H,4-15,17-18,20-24,26,29-33,35-61H2,1-3H3,(H,71,72)/b19-16-,28-25-,34-27-. The number of hydrogen-bond acceptors (Lipinski definition) is 10. The Hall–Kier alpha value is -2.30. The molecule has 12 heteroatoms. The molecule has 0 aliphatic rings. The number of unbranched alkanes of at least 4 members (excludes halogenated alkanes) is 39. The first-order valence-corrected chi connectivity index (χ1v) is 34.4. The van der Waals surface area contributed by atoms with E-state index in [0.717, 1.165) is 89.9 Å². The number of phosphoric ester groups is 1. The van der Waals surface area contributed by atoms with Crippen LogP contribution in [0.1, 0.15) is 329 Å². The number of carbonyl (C=O) groups excluding carboxylic acids is 3. The molecule has 2 N–H and O–H groups in total. The van der Waals surface area contributed by atoms with Crippen molar-refractivity contribution in [1.29, 1.82) is 0 Å². The molecule has 0 spiro atoms. The highest BCUT2D eigenvalue weighted by Gasteiger charge is 2.28. The summed E-state index contributed by atoms with van der Waals surface area (Å²) in [6.45, 7) is 4.68. The summed E-state index contributed by atoms with van der Waals surface area (Å²) >= 11 is 0. The number of ether oxygens (including phenoxy) is 3. The van der Waals surface area contributed by atoms with Gasteiger partial charge in [0, 0.05) is 19.3 Å². The molecule has 78 heavy (non-hydrogen) atoms. The molecule has 3 atom stereocenters. The molecule has 11 nitrogen and oxygen atoms in total. The van der Waals surface area contributed by atoms with Gasteiger partial charge in [0.15, 0.2) is 6.10 Å². The second-order valence-electron chi connectivity index (χ2n) is 22.3. The molecule has 0 aliphatic heterocycles. The minimum atomic E-state index is -4.75. The molecule has 0 aromatic rings. The number of aliphatic hydroxyl groups is 1. The molecule has 0 bridgehead atoms. The third kappa shape index (κ3) is 58.4. The average molecular weight is 1120 g/mol. The highest BCUT2D eigenvalue weighted by Crippen LogP contribution is 2.43. The van der Waals surface area contributed by atoms with Crippen LogP contribution < -0.4 is 0 Å². The Morgan fingerprint density at radius 2 is 0.628 bits per heavy atom. The molecule has 0 aromatic carbocycles. The molecule has 0 aromatic heterocycles. The molecule has 0 saturated carbocycles. The first-order chi connectivity index (χ1) is 38.2. The highest BCUT2D eigenvalue weighted by molar-refractivity contribution is 7.47. The lowest BCUT2D eigenvalue weighted by Crippen LogP contribution is -2.30. The number of aliphatic hydroxyl groups excluding tert-OH is 1. The molecule has 0 aliphatic carbocycles. The minimum Gasteiger partial charge on any atom is -0.462 e. The van der Waals surface area contributed by atoms with Crippen molar-refractivity contribution < 1.29 is 52.2 Å². The summed E-state index contributed by atoms with van der Waals surface area (Å²) < 4.78 is 39.7. The van der Waals surface area contributed by atoms with Crippen LogP contribution >= 0.6 is 7.82 Å². The fraction of sp³-hybridized carbons (Fsp3) is 0.864. The number of phosphoric acid groups is 1. The van der Waals surface area contributed by atoms with E-state index in [1.54, 1.807) is 0 Å². The maximum absolute atomic E-state index is 13.0. The van der Waals surface area contributed by atoms with Crippen LogP contribution in [0.15, 0.2) is 36.5 Å². The van der Waals surface area contributed by atoms with Crippen molar-refractivity contribution in [2.75, 3.05) is 26.4 Å². The van der Waals surface area contributed by atoms with Crippen molar-refractivity contribution in [3.05, 3.63) is 36.5 Å². The summed E-state index contributed by atoms with van der Waals surface area (Å²) in [5, 5.41) is 9.86. The Balaban J connectivity index is 4.66. The normalized spacial score (nSPS) is 13.4. The van der Waals surface area contributed by atoms with Crippen LogP contribution in [0, 0.1) is 0 Å². The number of esters is 3. The predicted molar refractivity (Wildman–Crippen MR) is 326 cm³/mol. The van der Waals surface area contributed by atoms with Gasteiger partial charge in [0.1, 0.15) is 12.7 Å². The topological polar surface area (TPSA) is 155 Å². The third-order valence-electron chi connectivity index (χ3n) is 14.5. The molecule has 0 heterocycles. The van der Waals surface area contributed by atoms with Gasteiger partial charge in [0.2, 0.25) is 0 Å². The van der Waals surface area contributed by atoms with Crippen LogP contribution in [0.5, 0.6) is 0 Å². The third-order valence-corrected chi connectivity index (χ3v) is 15.5. The van der Waals surface area contributed by atoms with Crippen LogP contribution in [0.3, 0.4) is 0 Å². The maximum Gasteiger partial charge on any atom is 0.472 e. The minimum absolute atomic E-state index is 0.165. The van der Waals surface area contributed by atoms with Gasteiger partial charge in [-0.25, -0.2) is 4.57 Å². The molecule has 0 saturated heterocycles. The van der Waals surface area contributed by atoms with Gasteiger partial charge in [-0.2, -0.15) is 0 Å².